The molecule has 0 saturated heterocycles. The van der Waals surface area contributed by atoms with E-state index in [0.29, 0.717) is 15.7 Å². The zero-order chi connectivity index (χ0) is 21.0. The summed E-state index contributed by atoms with van der Waals surface area (Å²) in [7, 11) is 0. The molecule has 8 heteroatoms. The smallest absolute Gasteiger partial charge is 0.322 e. The topological polar surface area (TPSA) is 58.2 Å². The van der Waals surface area contributed by atoms with E-state index < -0.39 is 17.6 Å². The van der Waals surface area contributed by atoms with Crippen LogP contribution in [0.4, 0.5) is 24.5 Å². The molecule has 0 unspecified atom stereocenters. The summed E-state index contributed by atoms with van der Waals surface area (Å²) in [6.07, 6.45) is -4.49. The number of nitrogens with one attached hydrogen (secondary N) is 2. The summed E-state index contributed by atoms with van der Waals surface area (Å²) >= 11 is 3.31. The van der Waals surface area contributed by atoms with Gasteiger partial charge >= 0.3 is 6.18 Å². The van der Waals surface area contributed by atoms with Crippen LogP contribution in [0.1, 0.15) is 26.3 Å². The lowest BCUT2D eigenvalue weighted by molar-refractivity contribution is -0.137. The summed E-state index contributed by atoms with van der Waals surface area (Å²) < 4.78 is 39.0. The fourth-order valence-corrected chi connectivity index (χ4v) is 2.99. The lowest BCUT2D eigenvalue weighted by Gasteiger charge is -2.10. The van der Waals surface area contributed by atoms with Gasteiger partial charge in [0.25, 0.3) is 11.8 Å². The lowest BCUT2D eigenvalue weighted by Crippen LogP contribution is -2.14. The minimum Gasteiger partial charge on any atom is -0.322 e. The molecular formula is C21H14BrF3N2O2. The number of benzene rings is 3. The molecule has 3 rings (SSSR count). The number of halogens is 4. The molecule has 0 heterocycles. The number of carbonyl (C=O) groups is 2. The summed E-state index contributed by atoms with van der Waals surface area (Å²) in [6, 6.07) is 17.3. The van der Waals surface area contributed by atoms with Gasteiger partial charge in [-0.05, 0) is 70.5 Å². The molecule has 0 aliphatic heterocycles. The molecule has 148 valence electrons. The average Bonchev–Trinajstić information content (AvgIpc) is 2.68. The summed E-state index contributed by atoms with van der Waals surface area (Å²) in [5, 5.41) is 5.15. The number of carbonyl (C=O) groups excluding carboxylic acids is 2. The van der Waals surface area contributed by atoms with Gasteiger partial charge in [0.1, 0.15) is 0 Å². The van der Waals surface area contributed by atoms with Crippen molar-refractivity contribution in [1.82, 2.24) is 0 Å². The Balaban J connectivity index is 1.68. The van der Waals surface area contributed by atoms with Crippen LogP contribution in [0, 0.1) is 0 Å². The number of hydrogen-bond acceptors (Lipinski definition) is 2. The molecule has 0 fully saturated rings. The zero-order valence-electron chi connectivity index (χ0n) is 14.8. The van der Waals surface area contributed by atoms with Crippen LogP contribution in [0.25, 0.3) is 0 Å². The Labute approximate surface area is 172 Å². The van der Waals surface area contributed by atoms with Crippen molar-refractivity contribution in [3.8, 4) is 0 Å². The fourth-order valence-electron chi connectivity index (χ4n) is 2.53. The summed E-state index contributed by atoms with van der Waals surface area (Å²) in [5.41, 5.74) is 0.359. The van der Waals surface area contributed by atoms with Crippen LogP contribution in [0.2, 0.25) is 0 Å². The second-order valence-corrected chi connectivity index (χ2v) is 6.90. The van der Waals surface area contributed by atoms with E-state index in [1.807, 2.05) is 0 Å². The molecule has 29 heavy (non-hydrogen) atoms. The van der Waals surface area contributed by atoms with Gasteiger partial charge in [0.05, 0.1) is 11.1 Å². The van der Waals surface area contributed by atoms with Gasteiger partial charge in [-0.1, -0.05) is 18.2 Å². The third-order valence-electron chi connectivity index (χ3n) is 3.97. The summed E-state index contributed by atoms with van der Waals surface area (Å²) in [5.74, 6) is -0.883. The Morgan fingerprint density at radius 2 is 1.41 bits per heavy atom. The number of alkyl halides is 3. The monoisotopic (exact) mass is 462 g/mol. The molecule has 2 N–H and O–H groups in total. The van der Waals surface area contributed by atoms with Crippen LogP contribution in [0.15, 0.2) is 77.3 Å². The van der Waals surface area contributed by atoms with Crippen molar-refractivity contribution >= 4 is 39.1 Å². The molecule has 3 aromatic rings. The number of anilines is 2. The highest BCUT2D eigenvalue weighted by molar-refractivity contribution is 9.10. The van der Waals surface area contributed by atoms with Crippen LogP contribution < -0.4 is 10.6 Å². The quantitative estimate of drug-likeness (QED) is 0.501. The van der Waals surface area contributed by atoms with Gasteiger partial charge in [-0.3, -0.25) is 9.59 Å². The normalized spacial score (nSPS) is 11.0. The maximum atomic E-state index is 12.8. The number of hydrogen-bond donors (Lipinski definition) is 2. The Morgan fingerprint density at radius 1 is 0.759 bits per heavy atom. The molecule has 4 nitrogen and oxygen atoms in total. The molecule has 0 bridgehead atoms. The molecule has 0 aliphatic carbocycles. The van der Waals surface area contributed by atoms with E-state index in [2.05, 4.69) is 26.6 Å². The van der Waals surface area contributed by atoms with Crippen molar-refractivity contribution in [3.63, 3.8) is 0 Å². The summed E-state index contributed by atoms with van der Waals surface area (Å²) in [4.78, 5) is 24.6. The van der Waals surface area contributed by atoms with Crippen molar-refractivity contribution in [2.45, 2.75) is 6.18 Å². The third-order valence-corrected chi connectivity index (χ3v) is 4.66. The number of rotatable bonds is 4. The third kappa shape index (κ3) is 5.23. The standard InChI is InChI=1S/C21H14BrF3N2O2/c22-18-7-2-1-6-17(18)20(29)26-15-10-8-13(9-11-15)19(28)27-16-5-3-4-14(12-16)21(23,24)25/h1-12H,(H,26,29)(H,27,28). The van der Waals surface area contributed by atoms with Crippen LogP contribution >= 0.6 is 15.9 Å². The van der Waals surface area contributed by atoms with Crippen LogP contribution in [0.3, 0.4) is 0 Å². The van der Waals surface area contributed by atoms with Gasteiger partial charge in [-0.15, -0.1) is 0 Å². The first-order valence-electron chi connectivity index (χ1n) is 8.38. The van der Waals surface area contributed by atoms with Crippen molar-refractivity contribution in [2.24, 2.45) is 0 Å². The zero-order valence-corrected chi connectivity index (χ0v) is 16.3. The van der Waals surface area contributed by atoms with Crippen molar-refractivity contribution in [3.05, 3.63) is 94.0 Å². The van der Waals surface area contributed by atoms with Crippen molar-refractivity contribution < 1.29 is 22.8 Å². The van der Waals surface area contributed by atoms with E-state index in [-0.39, 0.29) is 17.2 Å². The van der Waals surface area contributed by atoms with Crippen LogP contribution in [-0.4, -0.2) is 11.8 Å². The molecule has 0 aliphatic rings. The van der Waals surface area contributed by atoms with Gasteiger partial charge < -0.3 is 10.6 Å². The molecule has 0 saturated carbocycles. The highest BCUT2D eigenvalue weighted by Gasteiger charge is 2.30. The maximum Gasteiger partial charge on any atom is 0.416 e. The maximum absolute atomic E-state index is 12.8. The predicted octanol–water partition coefficient (Wildman–Crippen LogP) is 5.97. The molecular weight excluding hydrogens is 449 g/mol. The molecule has 0 aromatic heterocycles. The Hall–Kier alpha value is -3.13. The van der Waals surface area contributed by atoms with E-state index >= 15 is 0 Å². The van der Waals surface area contributed by atoms with Crippen LogP contribution in [0.5, 0.6) is 0 Å². The van der Waals surface area contributed by atoms with Gasteiger partial charge in [0.15, 0.2) is 0 Å². The predicted molar refractivity (Wildman–Crippen MR) is 108 cm³/mol. The minimum absolute atomic E-state index is 0.0381. The van der Waals surface area contributed by atoms with E-state index in [4.69, 9.17) is 0 Å². The van der Waals surface area contributed by atoms with E-state index in [9.17, 15) is 22.8 Å². The molecule has 2 amide bonds. The average molecular weight is 463 g/mol. The highest BCUT2D eigenvalue weighted by Crippen LogP contribution is 2.30. The van der Waals surface area contributed by atoms with Gasteiger partial charge in [0.2, 0.25) is 0 Å². The highest BCUT2D eigenvalue weighted by atomic mass is 79.9. The lowest BCUT2D eigenvalue weighted by atomic mass is 10.1. The second kappa shape index (κ2) is 8.48. The van der Waals surface area contributed by atoms with Gasteiger partial charge in [-0.25, -0.2) is 0 Å². The first-order valence-corrected chi connectivity index (χ1v) is 9.18. The van der Waals surface area contributed by atoms with E-state index in [0.717, 1.165) is 12.1 Å². The Bertz CT molecular complexity index is 1050. The van der Waals surface area contributed by atoms with Crippen molar-refractivity contribution in [2.75, 3.05) is 10.6 Å². The van der Waals surface area contributed by atoms with E-state index in [1.165, 1.54) is 36.4 Å². The van der Waals surface area contributed by atoms with Crippen LogP contribution in [-0.2, 0) is 6.18 Å². The fraction of sp³-hybridized carbons (Fsp3) is 0.0476. The van der Waals surface area contributed by atoms with Gasteiger partial charge in [0, 0.05) is 21.4 Å². The minimum atomic E-state index is -4.49. The molecule has 0 radical (unpaired) electrons. The Morgan fingerprint density at radius 3 is 2.07 bits per heavy atom. The largest absolute Gasteiger partial charge is 0.416 e. The SMILES string of the molecule is O=C(Nc1cccc(C(F)(F)F)c1)c1ccc(NC(=O)c2ccccc2Br)cc1. The summed E-state index contributed by atoms with van der Waals surface area (Å²) in [6.45, 7) is 0. The van der Waals surface area contributed by atoms with E-state index in [1.54, 1.807) is 24.3 Å². The second-order valence-electron chi connectivity index (χ2n) is 6.04. The molecule has 0 atom stereocenters. The number of amides is 2. The molecule has 0 spiro atoms. The van der Waals surface area contributed by atoms with Crippen molar-refractivity contribution in [1.29, 1.82) is 0 Å². The molecule has 3 aromatic carbocycles. The Kier molecular flexibility index (Phi) is 6.03. The van der Waals surface area contributed by atoms with Gasteiger partial charge in [-0.2, -0.15) is 13.2 Å². The first-order chi connectivity index (χ1) is 13.7. The first kappa shape index (κ1) is 20.6.